The fourth-order valence-corrected chi connectivity index (χ4v) is 4.48. The highest BCUT2D eigenvalue weighted by Gasteiger charge is 2.51. The summed E-state index contributed by atoms with van der Waals surface area (Å²) in [6.07, 6.45) is 8.46. The van der Waals surface area contributed by atoms with Gasteiger partial charge in [0.1, 0.15) is 5.82 Å². The summed E-state index contributed by atoms with van der Waals surface area (Å²) in [6, 6.07) is 8.62. The van der Waals surface area contributed by atoms with Crippen LogP contribution in [0, 0.1) is 39.8 Å². The van der Waals surface area contributed by atoms with E-state index in [4.69, 9.17) is 5.41 Å². The maximum atomic E-state index is 13.9. The number of benzene rings is 1. The molecule has 0 bridgehead atoms. The first-order valence-electron chi connectivity index (χ1n) is 9.51. The van der Waals surface area contributed by atoms with Crippen molar-refractivity contribution in [2.45, 2.75) is 31.7 Å². The molecule has 1 amide bonds. The SMILES string of the molecule is CN1C(=N)N[C@](C)(c2cccc(F)c2)[C@@H](C2C=CC(C3(C#N)CC3)=CC2)C1=O. The van der Waals surface area contributed by atoms with Gasteiger partial charge in [0.15, 0.2) is 5.96 Å². The normalized spacial score (nSPS) is 31.1. The monoisotopic (exact) mass is 378 g/mol. The first-order chi connectivity index (χ1) is 13.3. The number of hydrogen-bond donors (Lipinski definition) is 2. The van der Waals surface area contributed by atoms with Gasteiger partial charge in [-0.3, -0.25) is 15.1 Å². The molecule has 1 heterocycles. The van der Waals surface area contributed by atoms with Gasteiger partial charge in [0, 0.05) is 7.05 Å². The van der Waals surface area contributed by atoms with Gasteiger partial charge in [0.2, 0.25) is 5.91 Å². The number of hydrogen-bond acceptors (Lipinski definition) is 3. The molecule has 6 heteroatoms. The van der Waals surface area contributed by atoms with Gasteiger partial charge in [-0.05, 0) is 55.4 Å². The third-order valence-electron chi connectivity index (χ3n) is 6.43. The van der Waals surface area contributed by atoms with Crippen molar-refractivity contribution in [1.29, 1.82) is 10.7 Å². The Kier molecular flexibility index (Phi) is 4.15. The number of allylic oxidation sites excluding steroid dienone is 4. The minimum atomic E-state index is -0.907. The number of guanidine groups is 1. The van der Waals surface area contributed by atoms with Crippen LogP contribution in [-0.2, 0) is 10.3 Å². The summed E-state index contributed by atoms with van der Waals surface area (Å²) in [6.45, 7) is 1.86. The van der Waals surface area contributed by atoms with Crippen LogP contribution in [0.15, 0.2) is 48.1 Å². The van der Waals surface area contributed by atoms with Crippen molar-refractivity contribution in [3.05, 3.63) is 59.4 Å². The molecule has 144 valence electrons. The zero-order valence-electron chi connectivity index (χ0n) is 16.0. The summed E-state index contributed by atoms with van der Waals surface area (Å²) in [7, 11) is 1.58. The van der Waals surface area contributed by atoms with E-state index in [1.54, 1.807) is 19.2 Å². The molecule has 4 rings (SSSR count). The number of amides is 1. The molecule has 0 spiro atoms. The van der Waals surface area contributed by atoms with Crippen LogP contribution in [0.1, 0.15) is 31.7 Å². The predicted molar refractivity (Wildman–Crippen MR) is 103 cm³/mol. The molecule has 2 fully saturated rings. The standard InChI is InChI=1S/C22H23FN4O/c1-21(16-4-3-5-17(23)12-16)18(19(28)27(2)20(25)26-21)14-6-8-15(9-7-14)22(13-24)10-11-22/h3-6,8-9,12,14,18H,7,10-11H2,1-2H3,(H2,25,26)/t14?,18-,21+/m0/s1. The van der Waals surface area contributed by atoms with E-state index >= 15 is 0 Å². The number of nitrogens with one attached hydrogen (secondary N) is 2. The first-order valence-corrected chi connectivity index (χ1v) is 9.51. The average molecular weight is 378 g/mol. The molecular weight excluding hydrogens is 355 g/mol. The molecule has 1 saturated heterocycles. The van der Waals surface area contributed by atoms with E-state index in [1.807, 2.05) is 19.1 Å². The molecule has 1 aliphatic heterocycles. The summed E-state index contributed by atoms with van der Waals surface area (Å²) in [4.78, 5) is 14.5. The highest BCUT2D eigenvalue weighted by atomic mass is 19.1. The van der Waals surface area contributed by atoms with Crippen molar-refractivity contribution in [2.24, 2.45) is 17.3 Å². The summed E-state index contributed by atoms with van der Waals surface area (Å²) < 4.78 is 13.9. The summed E-state index contributed by atoms with van der Waals surface area (Å²) in [5, 5.41) is 20.7. The number of carbonyl (C=O) groups is 1. The van der Waals surface area contributed by atoms with Crippen molar-refractivity contribution in [3.8, 4) is 6.07 Å². The Balaban J connectivity index is 1.70. The van der Waals surface area contributed by atoms with E-state index in [-0.39, 0.29) is 29.0 Å². The van der Waals surface area contributed by atoms with Crippen molar-refractivity contribution in [2.75, 3.05) is 7.05 Å². The Labute approximate surface area is 164 Å². The molecule has 1 aromatic rings. The lowest BCUT2D eigenvalue weighted by atomic mass is 9.68. The predicted octanol–water partition coefficient (Wildman–Crippen LogP) is 3.46. The number of nitriles is 1. The second-order valence-corrected chi connectivity index (χ2v) is 8.17. The maximum Gasteiger partial charge on any atom is 0.235 e. The second-order valence-electron chi connectivity index (χ2n) is 8.17. The molecule has 2 aliphatic carbocycles. The minimum absolute atomic E-state index is 0.00504. The van der Waals surface area contributed by atoms with Gasteiger partial charge in [0.25, 0.3) is 0 Å². The van der Waals surface area contributed by atoms with Crippen molar-refractivity contribution in [3.63, 3.8) is 0 Å². The van der Waals surface area contributed by atoms with Crippen LogP contribution in [0.25, 0.3) is 0 Å². The van der Waals surface area contributed by atoms with Gasteiger partial charge < -0.3 is 5.32 Å². The topological polar surface area (TPSA) is 80.0 Å². The Morgan fingerprint density at radius 2 is 2.14 bits per heavy atom. The molecule has 3 aliphatic rings. The van der Waals surface area contributed by atoms with Crippen LogP contribution < -0.4 is 5.32 Å². The fraction of sp³-hybridized carbons (Fsp3) is 0.409. The first kappa shape index (κ1) is 18.4. The molecule has 1 aromatic carbocycles. The second kappa shape index (κ2) is 6.30. The van der Waals surface area contributed by atoms with Crippen LogP contribution >= 0.6 is 0 Å². The van der Waals surface area contributed by atoms with E-state index < -0.39 is 11.5 Å². The van der Waals surface area contributed by atoms with E-state index in [9.17, 15) is 14.4 Å². The summed E-state index contributed by atoms with van der Waals surface area (Å²) in [5.41, 5.74) is 0.426. The van der Waals surface area contributed by atoms with Crippen LogP contribution in [0.4, 0.5) is 4.39 Å². The Morgan fingerprint density at radius 3 is 2.71 bits per heavy atom. The zero-order valence-corrected chi connectivity index (χ0v) is 16.0. The molecule has 2 N–H and O–H groups in total. The quantitative estimate of drug-likeness (QED) is 0.845. The largest absolute Gasteiger partial charge is 0.346 e. The maximum absolute atomic E-state index is 13.9. The average Bonchev–Trinajstić information content (AvgIpc) is 3.48. The lowest BCUT2D eigenvalue weighted by molar-refractivity contribution is -0.137. The fourth-order valence-electron chi connectivity index (χ4n) is 4.48. The van der Waals surface area contributed by atoms with Crippen LogP contribution in [0.5, 0.6) is 0 Å². The highest BCUT2D eigenvalue weighted by molar-refractivity contribution is 6.00. The van der Waals surface area contributed by atoms with E-state index in [2.05, 4.69) is 17.5 Å². The number of rotatable bonds is 3. The van der Waals surface area contributed by atoms with Gasteiger partial charge in [-0.2, -0.15) is 5.26 Å². The van der Waals surface area contributed by atoms with Crippen molar-refractivity contribution >= 4 is 11.9 Å². The summed E-state index contributed by atoms with van der Waals surface area (Å²) in [5.74, 6) is -1.14. The number of halogens is 1. The van der Waals surface area contributed by atoms with Gasteiger partial charge in [-0.1, -0.05) is 30.4 Å². The van der Waals surface area contributed by atoms with Crippen molar-refractivity contribution in [1.82, 2.24) is 10.2 Å². The molecule has 28 heavy (non-hydrogen) atoms. The lowest BCUT2D eigenvalue weighted by Crippen LogP contribution is -2.65. The smallest absolute Gasteiger partial charge is 0.235 e. The Bertz CT molecular complexity index is 956. The van der Waals surface area contributed by atoms with Gasteiger partial charge >= 0.3 is 0 Å². The third kappa shape index (κ3) is 2.73. The Hall–Kier alpha value is -2.94. The minimum Gasteiger partial charge on any atom is -0.346 e. The number of nitrogens with zero attached hydrogens (tertiary/aromatic N) is 2. The van der Waals surface area contributed by atoms with Gasteiger partial charge in [-0.25, -0.2) is 4.39 Å². The molecule has 1 unspecified atom stereocenters. The van der Waals surface area contributed by atoms with E-state index in [1.165, 1.54) is 17.0 Å². The van der Waals surface area contributed by atoms with Gasteiger partial charge in [-0.15, -0.1) is 0 Å². The number of carbonyl (C=O) groups excluding carboxylic acids is 1. The van der Waals surface area contributed by atoms with Crippen LogP contribution in [0.2, 0.25) is 0 Å². The van der Waals surface area contributed by atoms with Crippen LogP contribution in [0.3, 0.4) is 0 Å². The van der Waals surface area contributed by atoms with Crippen LogP contribution in [-0.4, -0.2) is 23.8 Å². The van der Waals surface area contributed by atoms with Crippen molar-refractivity contribution < 1.29 is 9.18 Å². The zero-order chi connectivity index (χ0) is 20.1. The van der Waals surface area contributed by atoms with E-state index in [0.717, 1.165) is 18.4 Å². The third-order valence-corrected chi connectivity index (χ3v) is 6.43. The van der Waals surface area contributed by atoms with E-state index in [0.29, 0.717) is 12.0 Å². The molecule has 0 aromatic heterocycles. The Morgan fingerprint density at radius 1 is 1.39 bits per heavy atom. The molecule has 1 saturated carbocycles. The summed E-state index contributed by atoms with van der Waals surface area (Å²) >= 11 is 0. The highest BCUT2D eigenvalue weighted by Crippen LogP contribution is 2.53. The lowest BCUT2D eigenvalue weighted by Gasteiger charge is -2.48. The van der Waals surface area contributed by atoms with Gasteiger partial charge in [0.05, 0.1) is 22.9 Å². The molecule has 3 atom stereocenters. The molecule has 0 radical (unpaired) electrons. The molecule has 5 nitrogen and oxygen atoms in total. The molecular formula is C22H23FN4O.